The Bertz CT molecular complexity index is 350. The molecule has 0 saturated carbocycles. The third-order valence-corrected chi connectivity index (χ3v) is 1.73. The number of azo groups is 2. The van der Waals surface area contributed by atoms with Gasteiger partial charge in [0.1, 0.15) is 0 Å². The maximum Gasteiger partial charge on any atom is 0.360 e. The quantitative estimate of drug-likeness (QED) is 0.583. The molecule has 2 aliphatic rings. The van der Waals surface area contributed by atoms with Crippen LogP contribution in [0.1, 0.15) is 0 Å². The zero-order valence-corrected chi connectivity index (χ0v) is 6.21. The normalized spacial score (nSPS) is 24.8. The van der Waals surface area contributed by atoms with E-state index in [-0.39, 0.29) is 11.7 Å². The predicted molar refractivity (Wildman–Crippen MR) is 40.5 cm³/mol. The summed E-state index contributed by atoms with van der Waals surface area (Å²) >= 11 is 0. The van der Waals surface area contributed by atoms with Crippen molar-refractivity contribution in [2.24, 2.45) is 5.11 Å². The van der Waals surface area contributed by atoms with E-state index in [9.17, 15) is 4.79 Å². The first-order chi connectivity index (χ1) is 5.77. The van der Waals surface area contributed by atoms with Crippen LogP contribution < -0.4 is 0 Å². The standard InChI is InChI=1S/C8H6N2O2/c11-8(12)7-5-6-3-1-2-4-10(6)9-7/h1-6H/p+1. The lowest BCUT2D eigenvalue weighted by molar-refractivity contribution is -0.535. The second-order valence-electron chi connectivity index (χ2n) is 2.55. The molecule has 0 fully saturated rings. The molecule has 4 heteroatoms. The molecule has 4 nitrogen and oxygen atoms in total. The number of fused-ring (bicyclic) bond motifs is 1. The van der Waals surface area contributed by atoms with Gasteiger partial charge in [-0.2, -0.15) is 0 Å². The molecule has 0 saturated heterocycles. The van der Waals surface area contributed by atoms with Gasteiger partial charge in [-0.3, -0.25) is 0 Å². The van der Waals surface area contributed by atoms with Crippen molar-refractivity contribution in [2.45, 2.75) is 6.04 Å². The van der Waals surface area contributed by atoms with E-state index >= 15 is 0 Å². The monoisotopic (exact) mass is 163 g/mol. The molecular formula is C8H7N2O2+. The van der Waals surface area contributed by atoms with E-state index in [1.807, 2.05) is 18.2 Å². The van der Waals surface area contributed by atoms with Crippen molar-refractivity contribution in [1.82, 2.24) is 0 Å². The lowest BCUT2D eigenvalue weighted by atomic mass is 10.2. The Morgan fingerprint density at radius 3 is 3.08 bits per heavy atom. The smallest absolute Gasteiger partial charge is 0.360 e. The Kier molecular flexibility index (Phi) is 1.40. The molecule has 1 N–H and O–H groups in total. The third-order valence-electron chi connectivity index (χ3n) is 1.73. The molecule has 0 amide bonds. The van der Waals surface area contributed by atoms with Gasteiger partial charge >= 0.3 is 5.97 Å². The van der Waals surface area contributed by atoms with Crippen LogP contribution in [0.3, 0.4) is 0 Å². The van der Waals surface area contributed by atoms with Crippen LogP contribution in [0.5, 0.6) is 0 Å². The minimum Gasteiger partial charge on any atom is -0.476 e. The fraction of sp³-hybridized carbons (Fsp3) is 0.125. The largest absolute Gasteiger partial charge is 0.476 e. The Hall–Kier alpha value is -1.71. The summed E-state index contributed by atoms with van der Waals surface area (Å²) in [6.45, 7) is 0. The fourth-order valence-electron chi connectivity index (χ4n) is 1.17. The van der Waals surface area contributed by atoms with Crippen LogP contribution in [-0.4, -0.2) is 21.8 Å². The highest BCUT2D eigenvalue weighted by Crippen LogP contribution is 2.16. The van der Waals surface area contributed by atoms with Gasteiger partial charge in [-0.15, -0.1) is 0 Å². The van der Waals surface area contributed by atoms with E-state index in [2.05, 4.69) is 5.11 Å². The van der Waals surface area contributed by atoms with Gasteiger partial charge in [-0.25, -0.2) is 4.79 Å². The summed E-state index contributed by atoms with van der Waals surface area (Å²) in [7, 11) is 0. The topological polar surface area (TPSA) is 52.7 Å². The van der Waals surface area contributed by atoms with Gasteiger partial charge in [0.15, 0.2) is 6.20 Å². The minimum atomic E-state index is -0.980. The number of carbonyl (C=O) groups is 1. The molecule has 1 unspecified atom stereocenters. The molecule has 0 spiro atoms. The number of nitrogens with zero attached hydrogens (tertiary/aromatic N) is 2. The summed E-state index contributed by atoms with van der Waals surface area (Å²) in [6, 6.07) is -0.0129. The summed E-state index contributed by atoms with van der Waals surface area (Å²) in [5, 5.41) is 12.5. The Morgan fingerprint density at radius 2 is 2.42 bits per heavy atom. The Balaban J connectivity index is 2.35. The average Bonchev–Trinajstić information content (AvgIpc) is 2.46. The van der Waals surface area contributed by atoms with Crippen LogP contribution in [-0.2, 0) is 4.79 Å². The van der Waals surface area contributed by atoms with E-state index < -0.39 is 5.97 Å². The van der Waals surface area contributed by atoms with Crippen molar-refractivity contribution < 1.29 is 14.6 Å². The van der Waals surface area contributed by atoms with Crippen LogP contribution >= 0.6 is 0 Å². The van der Waals surface area contributed by atoms with E-state index in [0.29, 0.717) is 0 Å². The Labute approximate surface area is 68.8 Å². The summed E-state index contributed by atoms with van der Waals surface area (Å²) in [4.78, 5) is 10.5. The number of hydrogen-bond donors (Lipinski definition) is 1. The van der Waals surface area contributed by atoms with Gasteiger partial charge < -0.3 is 5.11 Å². The van der Waals surface area contributed by atoms with E-state index in [4.69, 9.17) is 5.11 Å². The van der Waals surface area contributed by atoms with Gasteiger partial charge in [0.2, 0.25) is 11.7 Å². The van der Waals surface area contributed by atoms with Crippen molar-refractivity contribution in [3.63, 3.8) is 0 Å². The molecule has 12 heavy (non-hydrogen) atoms. The van der Waals surface area contributed by atoms with Gasteiger partial charge in [0, 0.05) is 17.3 Å². The molecule has 0 radical (unpaired) electrons. The highest BCUT2D eigenvalue weighted by molar-refractivity contribution is 5.86. The number of allylic oxidation sites excluding steroid dienone is 2. The second-order valence-corrected chi connectivity index (χ2v) is 2.55. The molecule has 1 atom stereocenters. The predicted octanol–water partition coefficient (Wildman–Crippen LogP) is 0.885. The maximum atomic E-state index is 10.5. The fourth-order valence-corrected chi connectivity index (χ4v) is 1.17. The molecule has 2 rings (SSSR count). The first-order valence-corrected chi connectivity index (χ1v) is 3.57. The summed E-state index contributed by atoms with van der Waals surface area (Å²) < 4.78 is 1.61. The van der Waals surface area contributed by atoms with Gasteiger partial charge in [-0.1, -0.05) is 10.8 Å². The van der Waals surface area contributed by atoms with E-state index in [1.165, 1.54) is 0 Å². The number of aliphatic carboxylic acids is 1. The van der Waals surface area contributed by atoms with Crippen LogP contribution in [0.2, 0.25) is 0 Å². The van der Waals surface area contributed by atoms with Crippen LogP contribution in [0.4, 0.5) is 0 Å². The maximum absolute atomic E-state index is 10.5. The first-order valence-electron chi connectivity index (χ1n) is 3.57. The zero-order chi connectivity index (χ0) is 8.55. The van der Waals surface area contributed by atoms with Crippen molar-refractivity contribution >= 4 is 5.97 Å². The third kappa shape index (κ3) is 0.972. The highest BCUT2D eigenvalue weighted by atomic mass is 16.4. The number of carboxylic acids is 1. The van der Waals surface area contributed by atoms with Gasteiger partial charge in [0.25, 0.3) is 0 Å². The summed E-state index contributed by atoms with van der Waals surface area (Å²) in [5.41, 5.74) is 0.108. The van der Waals surface area contributed by atoms with Crippen molar-refractivity contribution in [3.05, 3.63) is 36.2 Å². The molecule has 2 heterocycles. The average molecular weight is 163 g/mol. The minimum absolute atomic E-state index is 0.0129. The number of carboxylic acid groups (broad SMARTS) is 1. The highest BCUT2D eigenvalue weighted by Gasteiger charge is 2.29. The van der Waals surface area contributed by atoms with Gasteiger partial charge in [-0.05, 0) is 6.08 Å². The van der Waals surface area contributed by atoms with Gasteiger partial charge in [0.05, 0.1) is 0 Å². The molecule has 0 aliphatic carbocycles. The van der Waals surface area contributed by atoms with E-state index in [1.54, 1.807) is 17.0 Å². The first kappa shape index (κ1) is 6.97. The number of hydrogen-bond acceptors (Lipinski definition) is 2. The van der Waals surface area contributed by atoms with Crippen LogP contribution in [0.15, 0.2) is 41.3 Å². The van der Waals surface area contributed by atoms with Crippen molar-refractivity contribution in [1.29, 1.82) is 0 Å². The lowest BCUT2D eigenvalue weighted by Crippen LogP contribution is -2.13. The molecular weight excluding hydrogens is 156 g/mol. The van der Waals surface area contributed by atoms with E-state index in [0.717, 1.165) is 0 Å². The lowest BCUT2D eigenvalue weighted by Gasteiger charge is -1.96. The molecule has 0 bridgehead atoms. The van der Waals surface area contributed by atoms with Crippen LogP contribution in [0, 0.1) is 0 Å². The molecule has 0 aromatic carbocycles. The zero-order valence-electron chi connectivity index (χ0n) is 6.21. The van der Waals surface area contributed by atoms with Crippen molar-refractivity contribution in [3.8, 4) is 0 Å². The SMILES string of the molecule is O=C(O)C1=CC2C=CC=C[N+]2=N1. The molecule has 0 aromatic rings. The molecule has 2 aliphatic heterocycles. The summed E-state index contributed by atoms with van der Waals surface area (Å²) in [5.74, 6) is -0.980. The van der Waals surface area contributed by atoms with Crippen molar-refractivity contribution in [2.75, 3.05) is 0 Å². The number of rotatable bonds is 1. The second kappa shape index (κ2) is 2.41. The molecule has 0 aromatic heterocycles. The van der Waals surface area contributed by atoms with Crippen LogP contribution in [0.25, 0.3) is 0 Å². The summed E-state index contributed by atoms with van der Waals surface area (Å²) in [6.07, 6.45) is 8.94. The molecule has 60 valence electrons. The Morgan fingerprint density at radius 1 is 1.58 bits per heavy atom.